The van der Waals surface area contributed by atoms with E-state index in [1.807, 2.05) is 0 Å². The van der Waals surface area contributed by atoms with E-state index < -0.39 is 29.1 Å². The van der Waals surface area contributed by atoms with E-state index in [2.05, 4.69) is 26.6 Å². The monoisotopic (exact) mass is 364 g/mol. The number of anilines is 1. The van der Waals surface area contributed by atoms with Crippen molar-refractivity contribution in [1.29, 1.82) is 0 Å². The number of urea groups is 1. The van der Waals surface area contributed by atoms with Crippen LogP contribution in [-0.2, 0) is 9.47 Å². The molecule has 8 heteroatoms. The molecule has 0 radical (unpaired) electrons. The van der Waals surface area contributed by atoms with Crippen LogP contribution in [0.3, 0.4) is 0 Å². The van der Waals surface area contributed by atoms with Gasteiger partial charge in [0.25, 0.3) is 0 Å². The average Bonchev–Trinajstić information content (AvgIpc) is 2.71. The van der Waals surface area contributed by atoms with Gasteiger partial charge >= 0.3 is 6.03 Å². The standard InChI is InChI=1S/C13H15BrF2N2O3/c1-13(2)20-6-8(21-13)5-17-12(19)18-11-9(15)3-7(14)4-10(11)16/h3-4,8H,5-6H2,1-2H3,(H2,17,18,19)/t8-/m1/s1. The number of benzene rings is 1. The number of carbonyl (C=O) groups is 1. The normalized spacial score (nSPS) is 20.3. The molecular weight excluding hydrogens is 350 g/mol. The Labute approximate surface area is 129 Å². The van der Waals surface area contributed by atoms with Crippen molar-refractivity contribution in [3.63, 3.8) is 0 Å². The first-order valence-corrected chi connectivity index (χ1v) is 7.07. The highest BCUT2D eigenvalue weighted by Gasteiger charge is 2.32. The van der Waals surface area contributed by atoms with Crippen molar-refractivity contribution in [2.24, 2.45) is 0 Å². The summed E-state index contributed by atoms with van der Waals surface area (Å²) in [6.45, 7) is 4.04. The summed E-state index contributed by atoms with van der Waals surface area (Å²) in [7, 11) is 0. The van der Waals surface area contributed by atoms with E-state index in [0.29, 0.717) is 6.61 Å². The second-order valence-corrected chi connectivity index (χ2v) is 5.95. The third-order valence-corrected chi connectivity index (χ3v) is 3.26. The predicted octanol–water partition coefficient (Wildman–Crippen LogP) is 3.00. The Morgan fingerprint density at radius 3 is 2.57 bits per heavy atom. The summed E-state index contributed by atoms with van der Waals surface area (Å²) in [6.07, 6.45) is -0.301. The van der Waals surface area contributed by atoms with Crippen LogP contribution in [0.5, 0.6) is 0 Å². The molecular formula is C13H15BrF2N2O3. The Morgan fingerprint density at radius 1 is 1.43 bits per heavy atom. The zero-order valence-corrected chi connectivity index (χ0v) is 13.1. The molecule has 5 nitrogen and oxygen atoms in total. The number of nitrogens with one attached hydrogen (secondary N) is 2. The van der Waals surface area contributed by atoms with Gasteiger partial charge in [0.2, 0.25) is 0 Å². The summed E-state index contributed by atoms with van der Waals surface area (Å²) in [5, 5.41) is 4.61. The van der Waals surface area contributed by atoms with Crippen LogP contribution in [-0.4, -0.2) is 31.1 Å². The van der Waals surface area contributed by atoms with Gasteiger partial charge in [0, 0.05) is 11.0 Å². The zero-order chi connectivity index (χ0) is 15.6. The van der Waals surface area contributed by atoms with Gasteiger partial charge in [-0.3, -0.25) is 0 Å². The van der Waals surface area contributed by atoms with Crippen molar-refractivity contribution in [3.05, 3.63) is 28.2 Å². The first kappa shape index (κ1) is 16.1. The molecule has 0 aromatic heterocycles. The first-order chi connectivity index (χ1) is 9.77. The second-order valence-electron chi connectivity index (χ2n) is 5.03. The minimum Gasteiger partial charge on any atom is -0.348 e. The fourth-order valence-corrected chi connectivity index (χ4v) is 2.29. The molecule has 2 rings (SSSR count). The van der Waals surface area contributed by atoms with Gasteiger partial charge in [-0.2, -0.15) is 0 Å². The Bertz CT molecular complexity index is 531. The number of hydrogen-bond donors (Lipinski definition) is 2. The van der Waals surface area contributed by atoms with E-state index in [1.165, 1.54) is 0 Å². The Kier molecular flexibility index (Phi) is 4.80. The molecule has 116 valence electrons. The van der Waals surface area contributed by atoms with Crippen LogP contribution >= 0.6 is 15.9 Å². The molecule has 1 aliphatic heterocycles. The van der Waals surface area contributed by atoms with Crippen molar-refractivity contribution in [1.82, 2.24) is 5.32 Å². The highest BCUT2D eigenvalue weighted by molar-refractivity contribution is 9.10. The summed E-state index contributed by atoms with van der Waals surface area (Å²) in [5.41, 5.74) is -0.500. The Balaban J connectivity index is 1.88. The molecule has 0 bridgehead atoms. The van der Waals surface area contributed by atoms with E-state index >= 15 is 0 Å². The molecule has 0 aliphatic carbocycles. The lowest BCUT2D eigenvalue weighted by Crippen LogP contribution is -2.37. The largest absolute Gasteiger partial charge is 0.348 e. The van der Waals surface area contributed by atoms with E-state index in [9.17, 15) is 13.6 Å². The number of halogens is 3. The van der Waals surface area contributed by atoms with Crippen LogP contribution in [0.25, 0.3) is 0 Å². The molecule has 2 amide bonds. The van der Waals surface area contributed by atoms with Gasteiger partial charge in [0.15, 0.2) is 17.4 Å². The fourth-order valence-electron chi connectivity index (χ4n) is 1.89. The topological polar surface area (TPSA) is 59.6 Å². The van der Waals surface area contributed by atoms with E-state index in [4.69, 9.17) is 9.47 Å². The fraction of sp³-hybridized carbons (Fsp3) is 0.462. The average molecular weight is 365 g/mol. The van der Waals surface area contributed by atoms with E-state index in [0.717, 1.165) is 12.1 Å². The number of ether oxygens (including phenoxy) is 2. The maximum Gasteiger partial charge on any atom is 0.319 e. The van der Waals surface area contributed by atoms with Crippen molar-refractivity contribution in [3.8, 4) is 0 Å². The molecule has 0 saturated carbocycles. The van der Waals surface area contributed by atoms with Crippen molar-refractivity contribution >= 4 is 27.6 Å². The summed E-state index contributed by atoms with van der Waals surface area (Å²) >= 11 is 2.96. The third kappa shape index (κ3) is 4.36. The van der Waals surface area contributed by atoms with Crippen molar-refractivity contribution in [2.45, 2.75) is 25.7 Å². The lowest BCUT2D eigenvalue weighted by molar-refractivity contribution is -0.137. The highest BCUT2D eigenvalue weighted by Crippen LogP contribution is 2.24. The molecule has 1 heterocycles. The summed E-state index contributed by atoms with van der Waals surface area (Å²) < 4.78 is 38.2. The van der Waals surface area contributed by atoms with Gasteiger partial charge in [-0.1, -0.05) is 15.9 Å². The van der Waals surface area contributed by atoms with E-state index in [1.54, 1.807) is 13.8 Å². The maximum atomic E-state index is 13.6. The summed E-state index contributed by atoms with van der Waals surface area (Å²) in [6, 6.07) is 1.41. The van der Waals surface area contributed by atoms with Crippen molar-refractivity contribution < 1.29 is 23.0 Å². The molecule has 0 unspecified atom stereocenters. The van der Waals surface area contributed by atoms with Crippen LogP contribution in [0.4, 0.5) is 19.3 Å². The lowest BCUT2D eigenvalue weighted by Gasteiger charge is -2.17. The quantitative estimate of drug-likeness (QED) is 0.866. The van der Waals surface area contributed by atoms with Crippen LogP contribution in [0.15, 0.2) is 16.6 Å². The van der Waals surface area contributed by atoms with Crippen LogP contribution < -0.4 is 10.6 Å². The van der Waals surface area contributed by atoms with Gasteiger partial charge in [-0.05, 0) is 26.0 Å². The van der Waals surface area contributed by atoms with Crippen LogP contribution in [0.1, 0.15) is 13.8 Å². The van der Waals surface area contributed by atoms with Gasteiger partial charge in [0.1, 0.15) is 11.8 Å². The number of hydrogen-bond acceptors (Lipinski definition) is 3. The predicted molar refractivity (Wildman–Crippen MR) is 76.0 cm³/mol. The number of carbonyl (C=O) groups excluding carboxylic acids is 1. The molecule has 1 atom stereocenters. The van der Waals surface area contributed by atoms with Crippen LogP contribution in [0.2, 0.25) is 0 Å². The molecule has 21 heavy (non-hydrogen) atoms. The summed E-state index contributed by atoms with van der Waals surface area (Å²) in [4.78, 5) is 11.7. The Morgan fingerprint density at radius 2 is 2.05 bits per heavy atom. The van der Waals surface area contributed by atoms with Crippen molar-refractivity contribution in [2.75, 3.05) is 18.5 Å². The molecule has 1 fully saturated rings. The molecule has 0 spiro atoms. The number of amides is 2. The maximum absolute atomic E-state index is 13.6. The minimum atomic E-state index is -0.862. The van der Waals surface area contributed by atoms with Gasteiger partial charge in [-0.15, -0.1) is 0 Å². The Hall–Kier alpha value is -1.25. The number of rotatable bonds is 3. The third-order valence-electron chi connectivity index (χ3n) is 2.80. The van der Waals surface area contributed by atoms with Gasteiger partial charge in [-0.25, -0.2) is 13.6 Å². The SMILES string of the molecule is CC1(C)OC[C@@H](CNC(=O)Nc2c(F)cc(Br)cc2F)O1. The molecule has 2 N–H and O–H groups in total. The van der Waals surface area contributed by atoms with Crippen LogP contribution in [0, 0.1) is 11.6 Å². The molecule has 1 aromatic rings. The van der Waals surface area contributed by atoms with E-state index in [-0.39, 0.29) is 17.1 Å². The van der Waals surface area contributed by atoms with Gasteiger partial charge in [0.05, 0.1) is 6.61 Å². The molecule has 1 aliphatic rings. The highest BCUT2D eigenvalue weighted by atomic mass is 79.9. The molecule has 1 aromatic carbocycles. The van der Waals surface area contributed by atoms with Gasteiger partial charge < -0.3 is 20.1 Å². The zero-order valence-electron chi connectivity index (χ0n) is 11.5. The second kappa shape index (κ2) is 6.25. The summed E-state index contributed by atoms with van der Waals surface area (Å²) in [5.74, 6) is -2.41. The molecule has 1 saturated heterocycles. The minimum absolute atomic E-state index is 0.176. The smallest absolute Gasteiger partial charge is 0.319 e. The first-order valence-electron chi connectivity index (χ1n) is 6.28. The lowest BCUT2D eigenvalue weighted by atomic mass is 10.3.